The zero-order valence-electron chi connectivity index (χ0n) is 15.6. The van der Waals surface area contributed by atoms with Crippen LogP contribution in [-0.4, -0.2) is 43.4 Å². The van der Waals surface area contributed by atoms with Crippen LogP contribution >= 0.6 is 0 Å². The van der Waals surface area contributed by atoms with Crippen molar-refractivity contribution in [2.45, 2.75) is 30.6 Å². The van der Waals surface area contributed by atoms with Crippen LogP contribution in [0.4, 0.5) is 5.69 Å². The highest BCUT2D eigenvalue weighted by Gasteiger charge is 2.27. The number of aromatic nitrogens is 1. The van der Waals surface area contributed by atoms with Gasteiger partial charge in [-0.05, 0) is 43.2 Å². The van der Waals surface area contributed by atoms with Crippen LogP contribution in [0.25, 0.3) is 0 Å². The lowest BCUT2D eigenvalue weighted by Crippen LogP contribution is -2.31. The first-order valence-electron chi connectivity index (χ1n) is 9.04. The smallest absolute Gasteiger partial charge is 0.272 e. The molecule has 1 aromatic carbocycles. The number of hydrogen-bond acceptors (Lipinski definition) is 4. The molecule has 27 heavy (non-hydrogen) atoms. The van der Waals surface area contributed by atoms with Gasteiger partial charge in [0.05, 0.1) is 7.11 Å². The lowest BCUT2D eigenvalue weighted by atomic mass is 10.2. The SMILES string of the molecule is COc1ccc(NC(=O)c2cc(S(=O)(=O)N3CCCCCC3)cn2C)cc1. The summed E-state index contributed by atoms with van der Waals surface area (Å²) in [6.07, 6.45) is 5.35. The zero-order valence-corrected chi connectivity index (χ0v) is 16.5. The summed E-state index contributed by atoms with van der Waals surface area (Å²) in [4.78, 5) is 12.7. The third kappa shape index (κ3) is 4.33. The van der Waals surface area contributed by atoms with Gasteiger partial charge in [-0.1, -0.05) is 12.8 Å². The highest BCUT2D eigenvalue weighted by molar-refractivity contribution is 7.89. The number of nitrogens with one attached hydrogen (secondary N) is 1. The van der Waals surface area contributed by atoms with Crippen LogP contribution in [0.2, 0.25) is 0 Å². The van der Waals surface area contributed by atoms with Crippen LogP contribution in [0.3, 0.4) is 0 Å². The van der Waals surface area contributed by atoms with E-state index in [1.165, 1.54) is 16.6 Å². The molecule has 0 unspecified atom stereocenters. The molecular weight excluding hydrogens is 366 g/mol. The molecule has 1 fully saturated rings. The van der Waals surface area contributed by atoms with Gasteiger partial charge < -0.3 is 14.6 Å². The van der Waals surface area contributed by atoms with Crippen LogP contribution in [-0.2, 0) is 17.1 Å². The zero-order chi connectivity index (χ0) is 19.4. The van der Waals surface area contributed by atoms with Crippen LogP contribution in [0.1, 0.15) is 36.2 Å². The van der Waals surface area contributed by atoms with E-state index in [2.05, 4.69) is 5.32 Å². The molecule has 146 valence electrons. The van der Waals surface area contributed by atoms with Gasteiger partial charge in [0.15, 0.2) is 0 Å². The van der Waals surface area contributed by atoms with Crippen molar-refractivity contribution < 1.29 is 17.9 Å². The first-order chi connectivity index (χ1) is 12.9. The van der Waals surface area contributed by atoms with E-state index in [1.807, 2.05) is 0 Å². The number of aryl methyl sites for hydroxylation is 1. The molecule has 2 aromatic rings. The lowest BCUT2D eigenvalue weighted by Gasteiger charge is -2.18. The predicted molar refractivity (Wildman–Crippen MR) is 104 cm³/mol. The number of methoxy groups -OCH3 is 1. The summed E-state index contributed by atoms with van der Waals surface area (Å²) < 4.78 is 34.0. The van der Waals surface area contributed by atoms with E-state index in [9.17, 15) is 13.2 Å². The number of benzene rings is 1. The summed E-state index contributed by atoms with van der Waals surface area (Å²) in [5.41, 5.74) is 0.901. The second-order valence-electron chi connectivity index (χ2n) is 6.67. The molecule has 0 radical (unpaired) electrons. The predicted octanol–water partition coefficient (Wildman–Crippen LogP) is 2.85. The van der Waals surface area contributed by atoms with E-state index in [0.717, 1.165) is 25.7 Å². The van der Waals surface area contributed by atoms with E-state index in [0.29, 0.717) is 30.2 Å². The second kappa shape index (κ2) is 8.14. The Hall–Kier alpha value is -2.32. The summed E-state index contributed by atoms with van der Waals surface area (Å²) in [5, 5.41) is 2.78. The fourth-order valence-electron chi connectivity index (χ4n) is 3.20. The Morgan fingerprint density at radius 3 is 2.30 bits per heavy atom. The number of ether oxygens (including phenoxy) is 1. The Morgan fingerprint density at radius 1 is 1.07 bits per heavy atom. The van der Waals surface area contributed by atoms with Crippen LogP contribution in [0.15, 0.2) is 41.4 Å². The number of hydrogen-bond donors (Lipinski definition) is 1. The van der Waals surface area contributed by atoms with Crippen molar-refractivity contribution in [2.24, 2.45) is 7.05 Å². The number of amides is 1. The van der Waals surface area contributed by atoms with E-state index in [4.69, 9.17) is 4.74 Å². The standard InChI is InChI=1S/C19H25N3O4S/c1-21-14-17(27(24,25)22-11-5-3-4-6-12-22)13-18(21)19(23)20-15-7-9-16(26-2)10-8-15/h7-10,13-14H,3-6,11-12H2,1-2H3,(H,20,23). The van der Waals surface area contributed by atoms with Crippen molar-refractivity contribution in [3.8, 4) is 5.75 Å². The Balaban J connectivity index is 1.79. The summed E-state index contributed by atoms with van der Waals surface area (Å²) in [6.45, 7) is 1.06. The van der Waals surface area contributed by atoms with Gasteiger partial charge in [-0.3, -0.25) is 4.79 Å². The minimum Gasteiger partial charge on any atom is -0.497 e. The third-order valence-electron chi connectivity index (χ3n) is 4.76. The third-order valence-corrected chi connectivity index (χ3v) is 6.63. The molecule has 0 bridgehead atoms. The number of rotatable bonds is 5. The number of carbonyl (C=O) groups excluding carboxylic acids is 1. The Bertz CT molecular complexity index is 896. The molecule has 1 N–H and O–H groups in total. The number of anilines is 1. The number of sulfonamides is 1. The molecule has 2 heterocycles. The molecule has 8 heteroatoms. The lowest BCUT2D eigenvalue weighted by molar-refractivity contribution is 0.101. The number of carbonyl (C=O) groups is 1. The molecule has 3 rings (SSSR count). The molecule has 0 saturated carbocycles. The average Bonchev–Trinajstić information content (AvgIpc) is 2.87. The second-order valence-corrected chi connectivity index (χ2v) is 8.61. The average molecular weight is 391 g/mol. The molecule has 1 aromatic heterocycles. The van der Waals surface area contributed by atoms with Crippen molar-refractivity contribution >= 4 is 21.6 Å². The summed E-state index contributed by atoms with van der Waals surface area (Å²) >= 11 is 0. The topological polar surface area (TPSA) is 80.6 Å². The van der Waals surface area contributed by atoms with E-state index >= 15 is 0 Å². The monoisotopic (exact) mass is 391 g/mol. The fraction of sp³-hybridized carbons (Fsp3) is 0.421. The molecular formula is C19H25N3O4S. The van der Waals surface area contributed by atoms with Crippen molar-refractivity contribution in [1.29, 1.82) is 0 Å². The van der Waals surface area contributed by atoms with E-state index in [-0.39, 0.29) is 10.8 Å². The summed E-state index contributed by atoms with van der Waals surface area (Å²) in [7, 11) is -0.342. The Labute approximate surface area is 160 Å². The van der Waals surface area contributed by atoms with Gasteiger partial charge in [-0.25, -0.2) is 8.42 Å². The summed E-state index contributed by atoms with van der Waals surface area (Å²) in [5.74, 6) is 0.331. The fourth-order valence-corrected chi connectivity index (χ4v) is 4.79. The highest BCUT2D eigenvalue weighted by atomic mass is 32.2. The van der Waals surface area contributed by atoms with Crippen molar-refractivity contribution in [3.05, 3.63) is 42.2 Å². The molecule has 1 aliphatic heterocycles. The van der Waals surface area contributed by atoms with Gasteiger partial charge in [0.2, 0.25) is 10.0 Å². The van der Waals surface area contributed by atoms with Gasteiger partial charge in [0.25, 0.3) is 5.91 Å². The maximum absolute atomic E-state index is 12.9. The minimum absolute atomic E-state index is 0.159. The minimum atomic E-state index is -3.59. The van der Waals surface area contributed by atoms with Gasteiger partial charge in [-0.2, -0.15) is 4.31 Å². The highest BCUT2D eigenvalue weighted by Crippen LogP contribution is 2.23. The van der Waals surface area contributed by atoms with E-state index < -0.39 is 10.0 Å². The molecule has 7 nitrogen and oxygen atoms in total. The largest absolute Gasteiger partial charge is 0.497 e. The molecule has 0 atom stereocenters. The first kappa shape index (κ1) is 19.4. The van der Waals surface area contributed by atoms with Crippen molar-refractivity contribution in [2.75, 3.05) is 25.5 Å². The maximum Gasteiger partial charge on any atom is 0.272 e. The van der Waals surface area contributed by atoms with Crippen LogP contribution in [0, 0.1) is 0 Å². The van der Waals surface area contributed by atoms with E-state index in [1.54, 1.807) is 43.0 Å². The maximum atomic E-state index is 12.9. The van der Waals surface area contributed by atoms with Crippen molar-refractivity contribution in [3.63, 3.8) is 0 Å². The van der Waals surface area contributed by atoms with Gasteiger partial charge in [-0.15, -0.1) is 0 Å². The van der Waals surface area contributed by atoms with Crippen LogP contribution in [0.5, 0.6) is 5.75 Å². The first-order valence-corrected chi connectivity index (χ1v) is 10.5. The Morgan fingerprint density at radius 2 is 1.70 bits per heavy atom. The molecule has 1 amide bonds. The summed E-state index contributed by atoms with van der Waals surface area (Å²) in [6, 6.07) is 8.40. The molecule has 0 spiro atoms. The van der Waals surface area contributed by atoms with Gasteiger partial charge >= 0.3 is 0 Å². The Kier molecular flexibility index (Phi) is 5.86. The van der Waals surface area contributed by atoms with Gasteiger partial charge in [0.1, 0.15) is 16.3 Å². The quantitative estimate of drug-likeness (QED) is 0.850. The normalized spacial score (nSPS) is 15.9. The number of nitrogens with zero attached hydrogens (tertiary/aromatic N) is 2. The molecule has 0 aliphatic carbocycles. The van der Waals surface area contributed by atoms with Crippen LogP contribution < -0.4 is 10.1 Å². The molecule has 1 saturated heterocycles. The van der Waals surface area contributed by atoms with Gasteiger partial charge in [0, 0.05) is 32.0 Å². The van der Waals surface area contributed by atoms with Crippen molar-refractivity contribution in [1.82, 2.24) is 8.87 Å². The molecule has 1 aliphatic rings.